The van der Waals surface area contributed by atoms with Crippen LogP contribution in [0.25, 0.3) is 10.8 Å². The highest BCUT2D eigenvalue weighted by molar-refractivity contribution is 5.84. The van der Waals surface area contributed by atoms with Gasteiger partial charge in [0.2, 0.25) is 0 Å². The van der Waals surface area contributed by atoms with Crippen LogP contribution >= 0.6 is 0 Å². The second-order valence-corrected chi connectivity index (χ2v) is 7.53. The molecule has 5 nitrogen and oxygen atoms in total. The van der Waals surface area contributed by atoms with Crippen molar-refractivity contribution >= 4 is 22.4 Å². The highest BCUT2D eigenvalue weighted by Crippen LogP contribution is 2.20. The van der Waals surface area contributed by atoms with Crippen LogP contribution in [0.1, 0.15) is 5.56 Å². The summed E-state index contributed by atoms with van der Waals surface area (Å²) in [5.74, 6) is 0.580. The van der Waals surface area contributed by atoms with Crippen molar-refractivity contribution < 1.29 is 9.53 Å². The van der Waals surface area contributed by atoms with Gasteiger partial charge in [0.25, 0.3) is 5.91 Å². The molecule has 0 aromatic heterocycles. The van der Waals surface area contributed by atoms with E-state index in [0.29, 0.717) is 12.3 Å². The second kappa shape index (κ2) is 8.97. The van der Waals surface area contributed by atoms with Gasteiger partial charge in [0.1, 0.15) is 5.75 Å². The average molecular weight is 389 g/mol. The molecule has 1 N–H and O–H groups in total. The van der Waals surface area contributed by atoms with E-state index in [0.717, 1.165) is 42.5 Å². The normalized spacial score (nSPS) is 14.7. The summed E-state index contributed by atoms with van der Waals surface area (Å²) in [4.78, 5) is 16.9. The number of fused-ring (bicyclic) bond motifs is 1. The van der Waals surface area contributed by atoms with Crippen molar-refractivity contribution in [3.63, 3.8) is 0 Å². The van der Waals surface area contributed by atoms with Crippen molar-refractivity contribution in [2.24, 2.45) is 0 Å². The minimum absolute atomic E-state index is 0.0116. The summed E-state index contributed by atoms with van der Waals surface area (Å²) < 4.78 is 5.65. The number of carbonyl (C=O) groups excluding carboxylic acids is 1. The molecule has 3 aromatic carbocycles. The molecule has 1 fully saturated rings. The first-order valence-corrected chi connectivity index (χ1v) is 10.1. The second-order valence-electron chi connectivity index (χ2n) is 7.53. The molecule has 1 aliphatic rings. The molecule has 1 saturated heterocycles. The third kappa shape index (κ3) is 5.06. The molecular formula is C24H27N3O2. The highest BCUT2D eigenvalue weighted by Gasteiger charge is 2.14. The zero-order valence-electron chi connectivity index (χ0n) is 16.8. The lowest BCUT2D eigenvalue weighted by molar-refractivity contribution is -0.123. The quantitative estimate of drug-likeness (QED) is 0.703. The van der Waals surface area contributed by atoms with E-state index in [1.165, 1.54) is 5.69 Å². The molecule has 150 valence electrons. The lowest BCUT2D eigenvalue weighted by atomic mass is 10.1. The highest BCUT2D eigenvalue weighted by atomic mass is 16.5. The molecule has 0 radical (unpaired) electrons. The monoisotopic (exact) mass is 389 g/mol. The van der Waals surface area contributed by atoms with Gasteiger partial charge < -0.3 is 19.9 Å². The Hall–Kier alpha value is -3.05. The van der Waals surface area contributed by atoms with Gasteiger partial charge in [-0.2, -0.15) is 0 Å². The van der Waals surface area contributed by atoms with E-state index in [1.54, 1.807) is 0 Å². The van der Waals surface area contributed by atoms with Crippen molar-refractivity contribution in [3.05, 3.63) is 72.3 Å². The fourth-order valence-corrected chi connectivity index (χ4v) is 3.55. The number of rotatable bonds is 6. The number of hydrogen-bond acceptors (Lipinski definition) is 4. The van der Waals surface area contributed by atoms with E-state index in [4.69, 9.17) is 4.74 Å². The van der Waals surface area contributed by atoms with E-state index < -0.39 is 0 Å². The predicted molar refractivity (Wildman–Crippen MR) is 117 cm³/mol. The predicted octanol–water partition coefficient (Wildman–Crippen LogP) is 3.29. The van der Waals surface area contributed by atoms with Gasteiger partial charge in [-0.1, -0.05) is 42.5 Å². The van der Waals surface area contributed by atoms with E-state index in [1.807, 2.05) is 36.4 Å². The van der Waals surface area contributed by atoms with E-state index in [-0.39, 0.29) is 12.5 Å². The van der Waals surface area contributed by atoms with Crippen LogP contribution in [0.2, 0.25) is 0 Å². The van der Waals surface area contributed by atoms with Crippen LogP contribution in [0.4, 0.5) is 5.69 Å². The topological polar surface area (TPSA) is 44.8 Å². The minimum atomic E-state index is -0.124. The maximum atomic E-state index is 12.1. The van der Waals surface area contributed by atoms with Gasteiger partial charge in [0.05, 0.1) is 0 Å². The maximum Gasteiger partial charge on any atom is 0.258 e. The molecule has 0 aliphatic carbocycles. The standard InChI is InChI=1S/C24H27N3O2/c1-26-12-14-27(15-13-26)22-9-6-19(7-10-22)17-25-24(28)18-29-23-11-8-20-4-2-3-5-21(20)16-23/h2-11,16H,12-15,17-18H2,1H3,(H,25,28). The number of nitrogens with one attached hydrogen (secondary N) is 1. The summed E-state index contributed by atoms with van der Waals surface area (Å²) >= 11 is 0. The molecule has 1 aliphatic heterocycles. The number of hydrogen-bond donors (Lipinski definition) is 1. The largest absolute Gasteiger partial charge is 0.484 e. The van der Waals surface area contributed by atoms with Gasteiger partial charge in [-0.3, -0.25) is 4.79 Å². The summed E-state index contributed by atoms with van der Waals surface area (Å²) in [7, 11) is 2.16. The number of nitrogens with zero attached hydrogens (tertiary/aromatic N) is 2. The molecule has 1 heterocycles. The van der Waals surface area contributed by atoms with Crippen LogP contribution in [0, 0.1) is 0 Å². The van der Waals surface area contributed by atoms with Gasteiger partial charge in [-0.15, -0.1) is 0 Å². The molecule has 29 heavy (non-hydrogen) atoms. The van der Waals surface area contributed by atoms with Crippen molar-refractivity contribution in [1.82, 2.24) is 10.2 Å². The molecule has 1 amide bonds. The van der Waals surface area contributed by atoms with Crippen molar-refractivity contribution in [1.29, 1.82) is 0 Å². The van der Waals surface area contributed by atoms with Crippen LogP contribution in [-0.2, 0) is 11.3 Å². The summed E-state index contributed by atoms with van der Waals surface area (Å²) in [6.07, 6.45) is 0. The molecule has 0 bridgehead atoms. The lowest BCUT2D eigenvalue weighted by Gasteiger charge is -2.34. The van der Waals surface area contributed by atoms with Gasteiger partial charge in [0.15, 0.2) is 6.61 Å². The Morgan fingerprint density at radius 2 is 1.66 bits per heavy atom. The van der Waals surface area contributed by atoms with Crippen molar-refractivity contribution in [3.8, 4) is 5.75 Å². The SMILES string of the molecule is CN1CCN(c2ccc(CNC(=O)COc3ccc4ccccc4c3)cc2)CC1. The molecule has 5 heteroatoms. The van der Waals surface area contributed by atoms with Crippen LogP contribution < -0.4 is 15.0 Å². The number of anilines is 1. The van der Waals surface area contributed by atoms with Crippen LogP contribution in [0.15, 0.2) is 66.7 Å². The molecule has 3 aromatic rings. The summed E-state index contributed by atoms with van der Waals surface area (Å²) in [5, 5.41) is 5.19. The van der Waals surface area contributed by atoms with Crippen molar-refractivity contribution in [2.45, 2.75) is 6.54 Å². The third-order valence-corrected chi connectivity index (χ3v) is 5.39. The summed E-state index contributed by atoms with van der Waals surface area (Å²) in [6, 6.07) is 22.4. The Labute approximate surface area is 171 Å². The van der Waals surface area contributed by atoms with E-state index in [9.17, 15) is 4.79 Å². The Balaban J connectivity index is 1.24. The molecule has 0 spiro atoms. The fraction of sp³-hybridized carbons (Fsp3) is 0.292. The van der Waals surface area contributed by atoms with E-state index >= 15 is 0 Å². The summed E-state index contributed by atoms with van der Waals surface area (Å²) in [6.45, 7) is 4.81. The first-order valence-electron chi connectivity index (χ1n) is 10.1. The van der Waals surface area contributed by atoms with Gasteiger partial charge in [0, 0.05) is 38.4 Å². The van der Waals surface area contributed by atoms with Crippen LogP contribution in [0.3, 0.4) is 0 Å². The number of benzene rings is 3. The first-order chi connectivity index (χ1) is 14.2. The third-order valence-electron chi connectivity index (χ3n) is 5.39. The van der Waals surface area contributed by atoms with Crippen molar-refractivity contribution in [2.75, 3.05) is 44.7 Å². The Bertz CT molecular complexity index is 963. The first kappa shape index (κ1) is 19.3. The zero-order chi connectivity index (χ0) is 20.1. The van der Waals surface area contributed by atoms with Gasteiger partial charge in [-0.05, 0) is 47.6 Å². The fourth-order valence-electron chi connectivity index (χ4n) is 3.55. The Kier molecular flexibility index (Phi) is 5.96. The zero-order valence-corrected chi connectivity index (χ0v) is 16.8. The molecule has 0 atom stereocenters. The Morgan fingerprint density at radius 1 is 0.931 bits per heavy atom. The van der Waals surface area contributed by atoms with Crippen LogP contribution in [0.5, 0.6) is 5.75 Å². The number of ether oxygens (including phenoxy) is 1. The average Bonchev–Trinajstić information content (AvgIpc) is 2.77. The lowest BCUT2D eigenvalue weighted by Crippen LogP contribution is -2.44. The number of piperazine rings is 1. The minimum Gasteiger partial charge on any atom is -0.484 e. The smallest absolute Gasteiger partial charge is 0.258 e. The van der Waals surface area contributed by atoms with Gasteiger partial charge >= 0.3 is 0 Å². The summed E-state index contributed by atoms with van der Waals surface area (Å²) in [5.41, 5.74) is 2.33. The molecular weight excluding hydrogens is 362 g/mol. The number of carbonyl (C=O) groups is 1. The Morgan fingerprint density at radius 3 is 2.41 bits per heavy atom. The number of likely N-dealkylation sites (N-methyl/N-ethyl adjacent to an activating group) is 1. The van der Waals surface area contributed by atoms with Gasteiger partial charge in [-0.25, -0.2) is 0 Å². The van der Waals surface area contributed by atoms with E-state index in [2.05, 4.69) is 52.5 Å². The van der Waals surface area contributed by atoms with Crippen LogP contribution in [-0.4, -0.2) is 50.6 Å². The molecule has 4 rings (SSSR count). The molecule has 0 saturated carbocycles. The number of amides is 1. The maximum absolute atomic E-state index is 12.1. The molecule has 0 unspecified atom stereocenters.